The van der Waals surface area contributed by atoms with E-state index in [0.717, 1.165) is 11.3 Å². The van der Waals surface area contributed by atoms with Gasteiger partial charge in [-0.1, -0.05) is 25.1 Å². The van der Waals surface area contributed by atoms with Gasteiger partial charge in [0.15, 0.2) is 9.84 Å². The molecule has 0 bridgehead atoms. The molecule has 0 radical (unpaired) electrons. The predicted molar refractivity (Wildman–Crippen MR) is 70.0 cm³/mol. The molecule has 0 amide bonds. The van der Waals surface area contributed by atoms with E-state index < -0.39 is 9.84 Å². The second-order valence-corrected chi connectivity index (χ2v) is 6.23. The minimum Gasteiger partial charge on any atom is -0.384 e. The number of hydrogen-bond acceptors (Lipinski definition) is 4. The lowest BCUT2D eigenvalue weighted by molar-refractivity contribution is 0.185. The van der Waals surface area contributed by atoms with Crippen LogP contribution >= 0.6 is 0 Å². The van der Waals surface area contributed by atoms with Crippen LogP contribution in [0.25, 0.3) is 0 Å². The highest BCUT2D eigenvalue weighted by Crippen LogP contribution is 2.15. The topological polar surface area (TPSA) is 55.4 Å². The molecule has 5 heteroatoms. The molecule has 0 saturated heterocycles. The number of anilines is 1. The Morgan fingerprint density at radius 2 is 2.00 bits per heavy atom. The number of para-hydroxylation sites is 1. The highest BCUT2D eigenvalue weighted by Gasteiger charge is 2.07. The maximum absolute atomic E-state index is 11.3. The van der Waals surface area contributed by atoms with E-state index in [1.807, 2.05) is 24.3 Å². The molecule has 1 aromatic carbocycles. The van der Waals surface area contributed by atoms with Gasteiger partial charge in [0, 0.05) is 30.7 Å². The zero-order valence-corrected chi connectivity index (χ0v) is 11.1. The number of sulfone groups is 1. The normalized spacial score (nSPS) is 11.4. The molecule has 1 rings (SSSR count). The zero-order valence-electron chi connectivity index (χ0n) is 10.3. The summed E-state index contributed by atoms with van der Waals surface area (Å²) in [6.45, 7) is 2.61. The Bertz CT molecular complexity index is 443. The summed E-state index contributed by atoms with van der Waals surface area (Å²) in [5.41, 5.74) is 1.96. The van der Waals surface area contributed by atoms with Crippen LogP contribution in [0.5, 0.6) is 0 Å². The second-order valence-electron chi connectivity index (χ2n) is 3.75. The van der Waals surface area contributed by atoms with Crippen LogP contribution in [-0.2, 0) is 21.2 Å². The van der Waals surface area contributed by atoms with Gasteiger partial charge in [-0.25, -0.2) is 8.42 Å². The molecule has 0 aliphatic carbocycles. The van der Waals surface area contributed by atoms with E-state index in [1.165, 1.54) is 0 Å². The SMILES string of the molecule is CCS(=O)(=O)CCNc1ccccc1COC. The van der Waals surface area contributed by atoms with Crippen molar-refractivity contribution in [1.29, 1.82) is 0 Å². The molecule has 0 heterocycles. The number of rotatable bonds is 7. The Labute approximate surface area is 103 Å². The highest BCUT2D eigenvalue weighted by atomic mass is 32.2. The Morgan fingerprint density at radius 3 is 2.65 bits per heavy atom. The van der Waals surface area contributed by atoms with Gasteiger partial charge in [-0.15, -0.1) is 0 Å². The van der Waals surface area contributed by atoms with Crippen LogP contribution in [0, 0.1) is 0 Å². The van der Waals surface area contributed by atoms with Gasteiger partial charge in [-0.2, -0.15) is 0 Å². The van der Waals surface area contributed by atoms with E-state index >= 15 is 0 Å². The lowest BCUT2D eigenvalue weighted by Gasteiger charge is -2.11. The van der Waals surface area contributed by atoms with Crippen LogP contribution in [-0.4, -0.2) is 33.6 Å². The molecular weight excluding hydrogens is 238 g/mol. The van der Waals surface area contributed by atoms with E-state index in [-0.39, 0.29) is 11.5 Å². The van der Waals surface area contributed by atoms with Crippen molar-refractivity contribution in [2.75, 3.05) is 30.5 Å². The van der Waals surface area contributed by atoms with Gasteiger partial charge in [0.25, 0.3) is 0 Å². The van der Waals surface area contributed by atoms with Crippen molar-refractivity contribution in [3.63, 3.8) is 0 Å². The van der Waals surface area contributed by atoms with Crippen molar-refractivity contribution in [2.45, 2.75) is 13.5 Å². The molecule has 0 fully saturated rings. The monoisotopic (exact) mass is 257 g/mol. The summed E-state index contributed by atoms with van der Waals surface area (Å²) in [5.74, 6) is 0.346. The van der Waals surface area contributed by atoms with Crippen LogP contribution in [0.3, 0.4) is 0 Å². The van der Waals surface area contributed by atoms with E-state index in [2.05, 4.69) is 5.32 Å². The number of benzene rings is 1. The first-order valence-electron chi connectivity index (χ1n) is 5.60. The third-order valence-electron chi connectivity index (χ3n) is 2.49. The molecular formula is C12H19NO3S. The van der Waals surface area contributed by atoms with Crippen molar-refractivity contribution >= 4 is 15.5 Å². The minimum atomic E-state index is -2.91. The first-order chi connectivity index (χ1) is 8.09. The van der Waals surface area contributed by atoms with E-state index in [4.69, 9.17) is 4.74 Å². The van der Waals surface area contributed by atoms with Gasteiger partial charge in [0.1, 0.15) is 0 Å². The second kappa shape index (κ2) is 6.61. The average Bonchev–Trinajstić information content (AvgIpc) is 2.31. The van der Waals surface area contributed by atoms with Crippen LogP contribution in [0.4, 0.5) is 5.69 Å². The molecule has 17 heavy (non-hydrogen) atoms. The lowest BCUT2D eigenvalue weighted by atomic mass is 10.2. The Morgan fingerprint density at radius 1 is 1.29 bits per heavy atom. The quantitative estimate of drug-likeness (QED) is 0.807. The largest absolute Gasteiger partial charge is 0.384 e. The Hall–Kier alpha value is -1.07. The van der Waals surface area contributed by atoms with Crippen LogP contribution < -0.4 is 5.32 Å². The van der Waals surface area contributed by atoms with Crippen LogP contribution in [0.2, 0.25) is 0 Å². The van der Waals surface area contributed by atoms with Gasteiger partial charge in [-0.05, 0) is 6.07 Å². The fourth-order valence-electron chi connectivity index (χ4n) is 1.46. The molecule has 0 spiro atoms. The van der Waals surface area contributed by atoms with Crippen molar-refractivity contribution in [3.05, 3.63) is 29.8 Å². The first-order valence-corrected chi connectivity index (χ1v) is 7.42. The lowest BCUT2D eigenvalue weighted by Crippen LogP contribution is -2.17. The summed E-state index contributed by atoms with van der Waals surface area (Å²) in [4.78, 5) is 0. The fourth-order valence-corrected chi connectivity index (χ4v) is 2.16. The number of methoxy groups -OCH3 is 1. The Kier molecular flexibility index (Phi) is 5.44. The van der Waals surface area contributed by atoms with E-state index in [1.54, 1.807) is 14.0 Å². The van der Waals surface area contributed by atoms with Crippen molar-refractivity contribution in [2.24, 2.45) is 0 Å². The van der Waals surface area contributed by atoms with Crippen LogP contribution in [0.1, 0.15) is 12.5 Å². The zero-order chi connectivity index (χ0) is 12.7. The molecule has 4 nitrogen and oxygen atoms in total. The van der Waals surface area contributed by atoms with E-state index in [0.29, 0.717) is 13.2 Å². The summed E-state index contributed by atoms with van der Waals surface area (Å²) in [6, 6.07) is 7.73. The molecule has 0 atom stereocenters. The van der Waals surface area contributed by atoms with Crippen molar-refractivity contribution in [3.8, 4) is 0 Å². The molecule has 1 N–H and O–H groups in total. The third-order valence-corrected chi connectivity index (χ3v) is 4.19. The standard InChI is InChI=1S/C12H19NO3S/c1-3-17(14,15)9-8-13-12-7-5-4-6-11(12)10-16-2/h4-7,13H,3,8-10H2,1-2H3. The summed E-state index contributed by atoms with van der Waals surface area (Å²) in [6.07, 6.45) is 0. The molecule has 0 aliphatic rings. The molecule has 96 valence electrons. The highest BCUT2D eigenvalue weighted by molar-refractivity contribution is 7.91. The van der Waals surface area contributed by atoms with Gasteiger partial charge < -0.3 is 10.1 Å². The molecule has 0 aliphatic heterocycles. The maximum Gasteiger partial charge on any atom is 0.151 e. The average molecular weight is 257 g/mol. The Balaban J connectivity index is 2.57. The van der Waals surface area contributed by atoms with Crippen molar-refractivity contribution in [1.82, 2.24) is 0 Å². The maximum atomic E-state index is 11.3. The molecule has 0 aromatic heterocycles. The fraction of sp³-hybridized carbons (Fsp3) is 0.500. The summed E-state index contributed by atoms with van der Waals surface area (Å²) >= 11 is 0. The summed E-state index contributed by atoms with van der Waals surface area (Å²) < 4.78 is 27.7. The first kappa shape index (κ1) is 14.0. The number of nitrogens with one attached hydrogen (secondary N) is 1. The summed E-state index contributed by atoms with van der Waals surface area (Å²) in [5, 5.41) is 3.13. The van der Waals surface area contributed by atoms with Gasteiger partial charge in [0.05, 0.1) is 12.4 Å². The molecule has 1 aromatic rings. The smallest absolute Gasteiger partial charge is 0.151 e. The number of ether oxygens (including phenoxy) is 1. The predicted octanol–water partition coefficient (Wildman–Crippen LogP) is 1.68. The minimum absolute atomic E-state index is 0.158. The molecule has 0 unspecified atom stereocenters. The molecule has 0 saturated carbocycles. The summed E-state index contributed by atoms with van der Waals surface area (Å²) in [7, 11) is -1.27. The van der Waals surface area contributed by atoms with Crippen LogP contribution in [0.15, 0.2) is 24.3 Å². The van der Waals surface area contributed by atoms with Gasteiger partial charge in [-0.3, -0.25) is 0 Å². The van der Waals surface area contributed by atoms with Crippen molar-refractivity contribution < 1.29 is 13.2 Å². The van der Waals surface area contributed by atoms with E-state index in [9.17, 15) is 8.42 Å². The van der Waals surface area contributed by atoms with Gasteiger partial charge in [0.2, 0.25) is 0 Å². The third kappa shape index (κ3) is 4.75. The number of hydrogen-bond donors (Lipinski definition) is 1. The van der Waals surface area contributed by atoms with Gasteiger partial charge >= 0.3 is 0 Å².